The lowest BCUT2D eigenvalue weighted by molar-refractivity contribution is 0.347. The van der Waals surface area contributed by atoms with Crippen LogP contribution in [0.3, 0.4) is 0 Å². The van der Waals surface area contributed by atoms with Crippen molar-refractivity contribution in [1.29, 1.82) is 0 Å². The molecule has 2 aromatic carbocycles. The predicted octanol–water partition coefficient (Wildman–Crippen LogP) is 8.65. The lowest BCUT2D eigenvalue weighted by atomic mass is 9.79. The molecular weight excluding hydrogens is 386 g/mol. The maximum atomic E-state index is 14.3. The van der Waals surface area contributed by atoms with E-state index in [1.165, 1.54) is 38.2 Å². The number of halogens is 2. The van der Waals surface area contributed by atoms with Crippen LogP contribution in [0.25, 0.3) is 0 Å². The number of hydrogen-bond donors (Lipinski definition) is 0. The third-order valence-corrected chi connectivity index (χ3v) is 5.67. The zero-order valence-corrected chi connectivity index (χ0v) is 19.1. The fraction of sp³-hybridized carbons (Fsp3) is 0.379. The first-order chi connectivity index (χ1) is 14.9. The number of benzene rings is 2. The maximum absolute atomic E-state index is 14.3. The molecule has 0 nitrogen and oxygen atoms in total. The van der Waals surface area contributed by atoms with E-state index in [0.29, 0.717) is 11.5 Å². The van der Waals surface area contributed by atoms with Crippen LogP contribution in [0.15, 0.2) is 67.0 Å². The molecule has 31 heavy (non-hydrogen) atoms. The van der Waals surface area contributed by atoms with E-state index in [1.807, 2.05) is 37.3 Å². The number of rotatable bonds is 4. The van der Waals surface area contributed by atoms with Crippen LogP contribution in [-0.4, -0.2) is 0 Å². The van der Waals surface area contributed by atoms with Gasteiger partial charge in [-0.05, 0) is 81.2 Å². The van der Waals surface area contributed by atoms with Crippen LogP contribution in [0.5, 0.6) is 0 Å². The van der Waals surface area contributed by atoms with Crippen LogP contribution in [0.1, 0.15) is 80.5 Å². The van der Waals surface area contributed by atoms with Gasteiger partial charge in [-0.2, -0.15) is 0 Å². The molecule has 1 aliphatic carbocycles. The topological polar surface area (TPSA) is 0 Å². The lowest BCUT2D eigenvalue weighted by Crippen LogP contribution is -2.11. The molecule has 1 fully saturated rings. The Balaban J connectivity index is 0.000000366. The second kappa shape index (κ2) is 12.9. The maximum Gasteiger partial charge on any atom is 0.139 e. The standard InChI is InChI=1S/C22H23F.C7H11F/c1-16-3-7-18(8-4-16)9-12-20-13-14-21(15-22(20)23)19-10-5-17(2)6-11-19;1-3-4-5-6-7(2)8/h3-4,7-8,13-15,17,19H,5-6,10-11H2,1-2H3;3,6H,1,4-5H2,2H3/b;7-6-. The summed E-state index contributed by atoms with van der Waals surface area (Å²) >= 11 is 0. The highest BCUT2D eigenvalue weighted by Gasteiger charge is 2.20. The molecule has 0 unspecified atom stereocenters. The summed E-state index contributed by atoms with van der Waals surface area (Å²) < 4.78 is 26.2. The molecule has 0 heterocycles. The highest BCUT2D eigenvalue weighted by atomic mass is 19.1. The molecule has 0 radical (unpaired) electrons. The van der Waals surface area contributed by atoms with E-state index in [2.05, 4.69) is 31.4 Å². The zero-order valence-electron chi connectivity index (χ0n) is 19.1. The summed E-state index contributed by atoms with van der Waals surface area (Å²) in [4.78, 5) is 0. The van der Waals surface area contributed by atoms with E-state index in [0.717, 1.165) is 29.9 Å². The monoisotopic (exact) mass is 420 g/mol. The van der Waals surface area contributed by atoms with E-state index < -0.39 is 0 Å². The molecule has 0 bridgehead atoms. The van der Waals surface area contributed by atoms with Gasteiger partial charge in [0.1, 0.15) is 5.82 Å². The van der Waals surface area contributed by atoms with E-state index in [4.69, 9.17) is 0 Å². The van der Waals surface area contributed by atoms with Gasteiger partial charge in [0.25, 0.3) is 0 Å². The first-order valence-electron chi connectivity index (χ1n) is 11.2. The minimum absolute atomic E-state index is 0.105. The Morgan fingerprint density at radius 3 is 2.29 bits per heavy atom. The zero-order chi connectivity index (χ0) is 22.6. The molecule has 2 aromatic rings. The molecule has 0 aliphatic heterocycles. The van der Waals surface area contributed by atoms with E-state index >= 15 is 0 Å². The highest BCUT2D eigenvalue weighted by Crippen LogP contribution is 2.35. The molecule has 2 heteroatoms. The molecule has 0 amide bonds. The van der Waals surface area contributed by atoms with Crippen molar-refractivity contribution in [2.24, 2.45) is 5.92 Å². The van der Waals surface area contributed by atoms with Crippen LogP contribution in [-0.2, 0) is 0 Å². The van der Waals surface area contributed by atoms with Gasteiger partial charge in [-0.15, -0.1) is 6.58 Å². The molecule has 1 saturated carbocycles. The number of hydrogen-bond acceptors (Lipinski definition) is 0. The van der Waals surface area contributed by atoms with Crippen LogP contribution in [0.4, 0.5) is 8.78 Å². The van der Waals surface area contributed by atoms with Gasteiger partial charge in [-0.25, -0.2) is 8.78 Å². The Morgan fingerprint density at radius 1 is 1.03 bits per heavy atom. The van der Waals surface area contributed by atoms with Crippen molar-refractivity contribution in [3.63, 3.8) is 0 Å². The third kappa shape index (κ3) is 8.93. The SMILES string of the molecule is C=CCC/C=C(/C)F.Cc1ccc(C#Cc2ccc(C3CCC(C)CC3)cc2F)cc1. The minimum Gasteiger partial charge on any atom is -0.212 e. The Morgan fingerprint density at radius 2 is 1.71 bits per heavy atom. The van der Waals surface area contributed by atoms with Crippen LogP contribution < -0.4 is 0 Å². The lowest BCUT2D eigenvalue weighted by Gasteiger charge is -2.26. The van der Waals surface area contributed by atoms with Gasteiger partial charge in [-0.3, -0.25) is 0 Å². The summed E-state index contributed by atoms with van der Waals surface area (Å²) in [5.74, 6) is 7.04. The van der Waals surface area contributed by atoms with Crippen molar-refractivity contribution in [3.8, 4) is 11.8 Å². The van der Waals surface area contributed by atoms with Crippen molar-refractivity contribution in [1.82, 2.24) is 0 Å². The van der Waals surface area contributed by atoms with E-state index in [-0.39, 0.29) is 11.6 Å². The Labute approximate surface area is 187 Å². The quantitative estimate of drug-likeness (QED) is 0.264. The Bertz CT molecular complexity index is 913. The van der Waals surface area contributed by atoms with Gasteiger partial charge in [0.05, 0.1) is 11.4 Å². The fourth-order valence-corrected chi connectivity index (χ4v) is 3.66. The van der Waals surface area contributed by atoms with Crippen LogP contribution in [0.2, 0.25) is 0 Å². The largest absolute Gasteiger partial charge is 0.212 e. The molecular formula is C29H34F2. The molecule has 0 saturated heterocycles. The fourth-order valence-electron chi connectivity index (χ4n) is 3.66. The Kier molecular flexibility index (Phi) is 10.2. The van der Waals surface area contributed by atoms with Gasteiger partial charge in [0.2, 0.25) is 0 Å². The van der Waals surface area contributed by atoms with Gasteiger partial charge < -0.3 is 0 Å². The summed E-state index contributed by atoms with van der Waals surface area (Å²) in [6, 6.07) is 13.6. The summed E-state index contributed by atoms with van der Waals surface area (Å²) in [5.41, 5.74) is 3.74. The first-order valence-corrected chi connectivity index (χ1v) is 11.2. The van der Waals surface area contributed by atoms with Gasteiger partial charge >= 0.3 is 0 Å². The van der Waals surface area contributed by atoms with E-state index in [9.17, 15) is 8.78 Å². The minimum atomic E-state index is -0.194. The predicted molar refractivity (Wildman–Crippen MR) is 128 cm³/mol. The van der Waals surface area contributed by atoms with Gasteiger partial charge in [0, 0.05) is 5.56 Å². The summed E-state index contributed by atoms with van der Waals surface area (Å²) in [5, 5.41) is 0. The van der Waals surface area contributed by atoms with Crippen LogP contribution in [0, 0.1) is 30.5 Å². The van der Waals surface area contributed by atoms with Crippen LogP contribution >= 0.6 is 0 Å². The van der Waals surface area contributed by atoms with Gasteiger partial charge in [0.15, 0.2) is 0 Å². The van der Waals surface area contributed by atoms with Crippen molar-refractivity contribution < 1.29 is 8.78 Å². The molecule has 0 N–H and O–H groups in total. The molecule has 0 aromatic heterocycles. The Hall–Kier alpha value is -2.66. The molecule has 1 aliphatic rings. The van der Waals surface area contributed by atoms with Gasteiger partial charge in [-0.1, -0.05) is 67.5 Å². The number of unbranched alkanes of at least 4 members (excludes halogenated alkanes) is 1. The number of allylic oxidation sites excluding steroid dienone is 3. The van der Waals surface area contributed by atoms with Crippen molar-refractivity contribution >= 4 is 0 Å². The summed E-state index contributed by atoms with van der Waals surface area (Å²) in [6.45, 7) is 9.30. The average molecular weight is 421 g/mol. The van der Waals surface area contributed by atoms with Crippen molar-refractivity contribution in [2.75, 3.05) is 0 Å². The highest BCUT2D eigenvalue weighted by molar-refractivity contribution is 5.45. The number of aryl methyl sites for hydroxylation is 1. The van der Waals surface area contributed by atoms with Crippen molar-refractivity contribution in [2.45, 2.75) is 65.2 Å². The molecule has 164 valence electrons. The third-order valence-electron chi connectivity index (χ3n) is 5.67. The second-order valence-electron chi connectivity index (χ2n) is 8.47. The molecule has 3 rings (SSSR count). The second-order valence-corrected chi connectivity index (χ2v) is 8.47. The smallest absolute Gasteiger partial charge is 0.139 e. The summed E-state index contributed by atoms with van der Waals surface area (Å²) in [7, 11) is 0. The molecule has 0 atom stereocenters. The average Bonchev–Trinajstić information content (AvgIpc) is 2.75. The first kappa shape index (κ1) is 24.6. The normalized spacial score (nSPS) is 18.3. The van der Waals surface area contributed by atoms with E-state index in [1.54, 1.807) is 18.2 Å². The molecule has 0 spiro atoms. The van der Waals surface area contributed by atoms with Crippen molar-refractivity contribution in [3.05, 3.63) is 95.1 Å². The summed E-state index contributed by atoms with van der Waals surface area (Å²) in [6.07, 6.45) is 9.82.